The van der Waals surface area contributed by atoms with Crippen LogP contribution >= 0.6 is 12.2 Å². The molecule has 0 atom stereocenters. The number of hydrogen-bond acceptors (Lipinski definition) is 2. The second-order valence-electron chi connectivity index (χ2n) is 4.97. The van der Waals surface area contributed by atoms with Gasteiger partial charge in [-0.15, -0.1) is 0 Å². The van der Waals surface area contributed by atoms with Crippen molar-refractivity contribution < 1.29 is 0 Å². The Morgan fingerprint density at radius 2 is 1.56 bits per heavy atom. The van der Waals surface area contributed by atoms with Crippen molar-refractivity contribution in [2.45, 2.75) is 57.4 Å². The van der Waals surface area contributed by atoms with Crippen molar-refractivity contribution in [2.24, 2.45) is 0 Å². The lowest BCUT2D eigenvalue weighted by atomic mass is 9.96. The van der Waals surface area contributed by atoms with Crippen LogP contribution in [0.5, 0.6) is 0 Å². The Balaban J connectivity index is 1.66. The number of hydrazine groups is 1. The van der Waals surface area contributed by atoms with E-state index in [0.717, 1.165) is 18.2 Å². The summed E-state index contributed by atoms with van der Waals surface area (Å²) in [5, 5.41) is 6.52. The second-order valence-corrected chi connectivity index (χ2v) is 5.38. The Morgan fingerprint density at radius 1 is 0.938 bits per heavy atom. The minimum absolute atomic E-state index is 0.610. The van der Waals surface area contributed by atoms with E-state index in [4.69, 9.17) is 12.2 Å². The van der Waals surface area contributed by atoms with Crippen molar-refractivity contribution in [3.63, 3.8) is 0 Å². The fourth-order valence-corrected chi connectivity index (χ4v) is 2.91. The van der Waals surface area contributed by atoms with E-state index in [1.165, 1.54) is 51.4 Å². The first-order valence-corrected chi connectivity index (χ1v) is 7.07. The summed E-state index contributed by atoms with van der Waals surface area (Å²) in [7, 11) is 0. The molecule has 0 aromatic heterocycles. The van der Waals surface area contributed by atoms with Gasteiger partial charge in [-0.2, -0.15) is 0 Å². The SMILES string of the molecule is S=C(NC1CCCCC1)NN1CCCCC1. The smallest absolute Gasteiger partial charge is 0.181 e. The Bertz CT molecular complexity index is 198. The lowest BCUT2D eigenvalue weighted by Gasteiger charge is -2.30. The Labute approximate surface area is 104 Å². The van der Waals surface area contributed by atoms with Gasteiger partial charge in [0.25, 0.3) is 0 Å². The molecule has 1 aliphatic heterocycles. The molecule has 4 heteroatoms. The van der Waals surface area contributed by atoms with E-state index in [0.29, 0.717) is 6.04 Å². The standard InChI is InChI=1S/C12H23N3S/c16-12(13-11-7-3-1-4-8-11)14-15-9-5-2-6-10-15/h11H,1-10H2,(H2,13,14,16). The van der Waals surface area contributed by atoms with Gasteiger partial charge in [-0.05, 0) is 37.9 Å². The molecule has 2 N–H and O–H groups in total. The molecule has 1 aliphatic carbocycles. The Morgan fingerprint density at radius 3 is 2.25 bits per heavy atom. The van der Waals surface area contributed by atoms with Crippen LogP contribution in [0.3, 0.4) is 0 Å². The topological polar surface area (TPSA) is 27.3 Å². The van der Waals surface area contributed by atoms with Crippen LogP contribution < -0.4 is 10.7 Å². The van der Waals surface area contributed by atoms with E-state index >= 15 is 0 Å². The largest absolute Gasteiger partial charge is 0.359 e. The fourth-order valence-electron chi connectivity index (χ4n) is 2.61. The summed E-state index contributed by atoms with van der Waals surface area (Å²) in [6, 6.07) is 0.610. The van der Waals surface area contributed by atoms with Crippen LogP contribution in [0, 0.1) is 0 Å². The van der Waals surface area contributed by atoms with E-state index in [2.05, 4.69) is 15.8 Å². The fraction of sp³-hybridized carbons (Fsp3) is 0.917. The second kappa shape index (κ2) is 6.40. The van der Waals surface area contributed by atoms with Gasteiger partial charge in [-0.3, -0.25) is 5.43 Å². The number of piperidine rings is 1. The Hall–Kier alpha value is -0.350. The van der Waals surface area contributed by atoms with Gasteiger partial charge < -0.3 is 5.32 Å². The molecular formula is C12H23N3S. The van der Waals surface area contributed by atoms with Crippen LogP contribution in [0.15, 0.2) is 0 Å². The first kappa shape index (κ1) is 12.1. The van der Waals surface area contributed by atoms with Gasteiger partial charge in [-0.25, -0.2) is 5.01 Å². The predicted molar refractivity (Wildman–Crippen MR) is 71.2 cm³/mol. The molecule has 2 rings (SSSR count). The lowest BCUT2D eigenvalue weighted by Crippen LogP contribution is -2.51. The monoisotopic (exact) mass is 241 g/mol. The van der Waals surface area contributed by atoms with Crippen LogP contribution in [-0.4, -0.2) is 29.3 Å². The molecule has 3 nitrogen and oxygen atoms in total. The molecule has 2 aliphatic rings. The molecule has 92 valence electrons. The van der Waals surface area contributed by atoms with Gasteiger partial charge in [0.2, 0.25) is 0 Å². The van der Waals surface area contributed by atoms with Crippen LogP contribution in [-0.2, 0) is 0 Å². The molecule has 1 saturated heterocycles. The third-order valence-corrected chi connectivity index (χ3v) is 3.77. The van der Waals surface area contributed by atoms with E-state index < -0.39 is 0 Å². The molecule has 0 radical (unpaired) electrons. The normalized spacial score (nSPS) is 24.0. The van der Waals surface area contributed by atoms with Crippen LogP contribution in [0.2, 0.25) is 0 Å². The highest BCUT2D eigenvalue weighted by atomic mass is 32.1. The van der Waals surface area contributed by atoms with Gasteiger partial charge in [0.05, 0.1) is 0 Å². The molecule has 0 spiro atoms. The predicted octanol–water partition coefficient (Wildman–Crippen LogP) is 2.18. The van der Waals surface area contributed by atoms with Crippen molar-refractivity contribution in [1.82, 2.24) is 15.8 Å². The van der Waals surface area contributed by atoms with E-state index in [9.17, 15) is 0 Å². The molecule has 0 amide bonds. The maximum Gasteiger partial charge on any atom is 0.181 e. The number of nitrogens with zero attached hydrogens (tertiary/aromatic N) is 1. The zero-order valence-corrected chi connectivity index (χ0v) is 10.8. The summed E-state index contributed by atoms with van der Waals surface area (Å²) in [4.78, 5) is 0. The summed E-state index contributed by atoms with van der Waals surface area (Å²) in [5.74, 6) is 0. The van der Waals surface area contributed by atoms with E-state index in [1.807, 2.05) is 0 Å². The highest BCUT2D eigenvalue weighted by molar-refractivity contribution is 7.80. The van der Waals surface area contributed by atoms with Gasteiger partial charge in [0.1, 0.15) is 0 Å². The van der Waals surface area contributed by atoms with Crippen molar-refractivity contribution in [1.29, 1.82) is 0 Å². The van der Waals surface area contributed by atoms with E-state index in [-0.39, 0.29) is 0 Å². The van der Waals surface area contributed by atoms with Crippen LogP contribution in [0.4, 0.5) is 0 Å². The van der Waals surface area contributed by atoms with Gasteiger partial charge in [0.15, 0.2) is 5.11 Å². The molecule has 1 heterocycles. The number of nitrogens with one attached hydrogen (secondary N) is 2. The molecule has 2 fully saturated rings. The molecule has 1 saturated carbocycles. The average molecular weight is 241 g/mol. The molecule has 0 aromatic rings. The summed E-state index contributed by atoms with van der Waals surface area (Å²) < 4.78 is 0. The van der Waals surface area contributed by atoms with Crippen LogP contribution in [0.25, 0.3) is 0 Å². The van der Waals surface area contributed by atoms with Gasteiger partial charge >= 0.3 is 0 Å². The van der Waals surface area contributed by atoms with Gasteiger partial charge in [-0.1, -0.05) is 25.7 Å². The quantitative estimate of drug-likeness (QED) is 0.725. The molecule has 16 heavy (non-hydrogen) atoms. The summed E-state index contributed by atoms with van der Waals surface area (Å²) in [6.07, 6.45) is 10.6. The average Bonchev–Trinajstić information content (AvgIpc) is 2.31. The molecule has 0 bridgehead atoms. The highest BCUT2D eigenvalue weighted by Crippen LogP contribution is 2.17. The van der Waals surface area contributed by atoms with Crippen LogP contribution in [0.1, 0.15) is 51.4 Å². The molecule has 0 aromatic carbocycles. The molecular weight excluding hydrogens is 218 g/mol. The van der Waals surface area contributed by atoms with Crippen molar-refractivity contribution in [3.05, 3.63) is 0 Å². The third kappa shape index (κ3) is 3.91. The highest BCUT2D eigenvalue weighted by Gasteiger charge is 2.15. The minimum atomic E-state index is 0.610. The van der Waals surface area contributed by atoms with Crippen molar-refractivity contribution in [2.75, 3.05) is 13.1 Å². The first-order chi connectivity index (χ1) is 7.84. The Kier molecular flexibility index (Phi) is 4.85. The zero-order valence-electron chi connectivity index (χ0n) is 10.0. The number of hydrogen-bond donors (Lipinski definition) is 2. The molecule has 0 unspecified atom stereocenters. The number of thiocarbonyl (C=S) groups is 1. The first-order valence-electron chi connectivity index (χ1n) is 6.67. The van der Waals surface area contributed by atoms with Gasteiger partial charge in [0, 0.05) is 19.1 Å². The lowest BCUT2D eigenvalue weighted by molar-refractivity contribution is 0.192. The van der Waals surface area contributed by atoms with Crippen molar-refractivity contribution >= 4 is 17.3 Å². The summed E-state index contributed by atoms with van der Waals surface area (Å²) >= 11 is 5.35. The minimum Gasteiger partial charge on any atom is -0.359 e. The maximum absolute atomic E-state index is 5.35. The third-order valence-electron chi connectivity index (χ3n) is 3.56. The van der Waals surface area contributed by atoms with Crippen molar-refractivity contribution in [3.8, 4) is 0 Å². The maximum atomic E-state index is 5.35. The zero-order chi connectivity index (χ0) is 11.2. The number of rotatable bonds is 2. The summed E-state index contributed by atoms with van der Waals surface area (Å²) in [5.41, 5.74) is 3.32. The van der Waals surface area contributed by atoms with E-state index in [1.54, 1.807) is 0 Å². The summed E-state index contributed by atoms with van der Waals surface area (Å²) in [6.45, 7) is 2.26.